The zero-order valence-corrected chi connectivity index (χ0v) is 12.1. The van der Waals surface area contributed by atoms with Crippen molar-refractivity contribution in [3.8, 4) is 17.2 Å². The van der Waals surface area contributed by atoms with Crippen molar-refractivity contribution in [2.24, 2.45) is 0 Å². The Morgan fingerprint density at radius 2 is 1.79 bits per heavy atom. The zero-order valence-electron chi connectivity index (χ0n) is 12.1. The van der Waals surface area contributed by atoms with Gasteiger partial charge in [0, 0.05) is 0 Å². The average Bonchev–Trinajstić information content (AvgIpc) is 2.34. The van der Waals surface area contributed by atoms with E-state index in [1.54, 1.807) is 12.1 Å². The Morgan fingerprint density at radius 3 is 2.42 bits per heavy atom. The molecule has 1 N–H and O–H groups in total. The van der Waals surface area contributed by atoms with E-state index < -0.39 is 0 Å². The first-order valence-corrected chi connectivity index (χ1v) is 7.13. The molecular weight excluding hydrogens is 240 g/mol. The molecule has 0 radical (unpaired) electrons. The van der Waals surface area contributed by atoms with Crippen LogP contribution in [0.15, 0.2) is 18.2 Å². The van der Waals surface area contributed by atoms with Crippen LogP contribution in [0.4, 0.5) is 0 Å². The summed E-state index contributed by atoms with van der Waals surface area (Å²) in [4.78, 5) is 0. The summed E-state index contributed by atoms with van der Waals surface area (Å²) in [7, 11) is 0. The fourth-order valence-electron chi connectivity index (χ4n) is 2.37. The van der Waals surface area contributed by atoms with Crippen LogP contribution >= 0.6 is 0 Å². The Labute approximate surface area is 115 Å². The van der Waals surface area contributed by atoms with Crippen molar-refractivity contribution in [1.29, 1.82) is 0 Å². The highest BCUT2D eigenvalue weighted by Crippen LogP contribution is 2.40. The molecule has 0 saturated heterocycles. The van der Waals surface area contributed by atoms with E-state index >= 15 is 0 Å². The Morgan fingerprint density at radius 1 is 1.11 bits per heavy atom. The molecule has 0 spiro atoms. The molecule has 1 fully saturated rings. The molecule has 0 aliphatic heterocycles. The van der Waals surface area contributed by atoms with E-state index in [9.17, 15) is 5.11 Å². The van der Waals surface area contributed by atoms with Crippen LogP contribution in [0, 0.1) is 0 Å². The molecule has 0 heterocycles. The summed E-state index contributed by atoms with van der Waals surface area (Å²) < 4.78 is 11.9. The third-order valence-corrected chi connectivity index (χ3v) is 3.21. The summed E-state index contributed by atoms with van der Waals surface area (Å²) in [5.41, 5.74) is -0.358. The van der Waals surface area contributed by atoms with Gasteiger partial charge in [-0.25, -0.2) is 0 Å². The van der Waals surface area contributed by atoms with Gasteiger partial charge in [-0.05, 0) is 58.6 Å². The summed E-state index contributed by atoms with van der Waals surface area (Å²) in [5, 5.41) is 9.98. The number of hydrogen-bond donors (Lipinski definition) is 1. The van der Waals surface area contributed by atoms with Crippen LogP contribution in [0.2, 0.25) is 0 Å². The van der Waals surface area contributed by atoms with Gasteiger partial charge in [-0.2, -0.15) is 0 Å². The number of benzene rings is 1. The third kappa shape index (κ3) is 4.05. The molecule has 1 aromatic carbocycles. The number of hydrogen-bond acceptors (Lipinski definition) is 3. The van der Waals surface area contributed by atoms with E-state index in [2.05, 4.69) is 0 Å². The van der Waals surface area contributed by atoms with Gasteiger partial charge in [-0.1, -0.05) is 12.5 Å². The van der Waals surface area contributed by atoms with E-state index in [0.717, 1.165) is 12.8 Å². The van der Waals surface area contributed by atoms with Gasteiger partial charge in [0.1, 0.15) is 5.60 Å². The first kappa shape index (κ1) is 14.0. The molecule has 1 aromatic rings. The number of phenols is 1. The lowest BCUT2D eigenvalue weighted by atomic mass is 9.98. The van der Waals surface area contributed by atoms with Gasteiger partial charge in [0.15, 0.2) is 11.5 Å². The van der Waals surface area contributed by atoms with Crippen molar-refractivity contribution in [2.75, 3.05) is 0 Å². The Balaban J connectivity index is 2.16. The molecule has 0 atom stereocenters. The predicted octanol–water partition coefficient (Wildman–Crippen LogP) is 4.28. The Hall–Kier alpha value is -1.38. The highest BCUT2D eigenvalue weighted by atomic mass is 16.5. The summed E-state index contributed by atoms with van der Waals surface area (Å²) >= 11 is 0. The van der Waals surface area contributed by atoms with Crippen LogP contribution in [-0.2, 0) is 0 Å². The Bertz CT molecular complexity index is 414. The molecule has 0 unspecified atom stereocenters. The summed E-state index contributed by atoms with van der Waals surface area (Å²) in [6.07, 6.45) is 6.16. The molecule has 1 aliphatic rings. The molecule has 106 valence electrons. The van der Waals surface area contributed by atoms with E-state index in [4.69, 9.17) is 9.47 Å². The van der Waals surface area contributed by atoms with Crippen molar-refractivity contribution in [2.45, 2.75) is 64.6 Å². The van der Waals surface area contributed by atoms with Gasteiger partial charge in [0.2, 0.25) is 5.75 Å². The van der Waals surface area contributed by atoms with E-state index in [1.807, 2.05) is 26.8 Å². The highest BCUT2D eigenvalue weighted by Gasteiger charge is 2.22. The fourth-order valence-corrected chi connectivity index (χ4v) is 2.37. The number of phenolic OH excluding ortho intramolecular Hbond substituents is 1. The van der Waals surface area contributed by atoms with Crippen molar-refractivity contribution in [1.82, 2.24) is 0 Å². The molecule has 19 heavy (non-hydrogen) atoms. The normalized spacial score (nSPS) is 17.2. The first-order valence-electron chi connectivity index (χ1n) is 7.13. The second kappa shape index (κ2) is 5.72. The van der Waals surface area contributed by atoms with E-state index in [1.165, 1.54) is 19.3 Å². The second-order valence-corrected chi connectivity index (χ2v) is 6.20. The maximum atomic E-state index is 9.98. The summed E-state index contributed by atoms with van der Waals surface area (Å²) in [6.45, 7) is 5.89. The average molecular weight is 264 g/mol. The third-order valence-electron chi connectivity index (χ3n) is 3.21. The quantitative estimate of drug-likeness (QED) is 0.885. The number of para-hydroxylation sites is 1. The van der Waals surface area contributed by atoms with Crippen molar-refractivity contribution >= 4 is 0 Å². The molecule has 1 aliphatic carbocycles. The van der Waals surface area contributed by atoms with Crippen molar-refractivity contribution in [3.05, 3.63) is 18.2 Å². The lowest BCUT2D eigenvalue weighted by Crippen LogP contribution is -2.25. The van der Waals surface area contributed by atoms with Gasteiger partial charge in [-0.3, -0.25) is 0 Å². The van der Waals surface area contributed by atoms with Gasteiger partial charge >= 0.3 is 0 Å². The summed E-state index contributed by atoms with van der Waals surface area (Å²) in [5.74, 6) is 1.26. The molecule has 0 aromatic heterocycles. The minimum Gasteiger partial charge on any atom is -0.504 e. The van der Waals surface area contributed by atoms with Crippen LogP contribution in [0.1, 0.15) is 52.9 Å². The lowest BCUT2D eigenvalue weighted by molar-refractivity contribution is 0.103. The van der Waals surface area contributed by atoms with Crippen LogP contribution < -0.4 is 9.47 Å². The first-order chi connectivity index (χ1) is 8.96. The molecule has 0 amide bonds. The highest BCUT2D eigenvalue weighted by molar-refractivity contribution is 5.50. The van der Waals surface area contributed by atoms with E-state index in [-0.39, 0.29) is 17.5 Å². The summed E-state index contributed by atoms with van der Waals surface area (Å²) in [6, 6.07) is 5.30. The smallest absolute Gasteiger partial charge is 0.203 e. The second-order valence-electron chi connectivity index (χ2n) is 6.20. The van der Waals surface area contributed by atoms with Crippen LogP contribution in [0.5, 0.6) is 17.2 Å². The van der Waals surface area contributed by atoms with Gasteiger partial charge in [0.25, 0.3) is 0 Å². The van der Waals surface area contributed by atoms with Gasteiger partial charge < -0.3 is 14.6 Å². The maximum Gasteiger partial charge on any atom is 0.203 e. The molecular formula is C16H24O3. The largest absolute Gasteiger partial charge is 0.504 e. The molecule has 0 bridgehead atoms. The number of aromatic hydroxyl groups is 1. The molecule has 2 rings (SSSR count). The SMILES string of the molecule is CC(C)(C)Oc1c(O)cccc1OC1CCCCC1. The molecule has 3 heteroatoms. The molecule has 1 saturated carbocycles. The number of ether oxygens (including phenoxy) is 2. The fraction of sp³-hybridized carbons (Fsp3) is 0.625. The predicted molar refractivity (Wildman–Crippen MR) is 76.0 cm³/mol. The zero-order chi connectivity index (χ0) is 13.9. The van der Waals surface area contributed by atoms with Gasteiger partial charge in [0.05, 0.1) is 6.10 Å². The minimum atomic E-state index is -0.358. The topological polar surface area (TPSA) is 38.7 Å². The standard InChI is InChI=1S/C16H24O3/c1-16(2,3)19-15-13(17)10-7-11-14(15)18-12-8-5-4-6-9-12/h7,10-12,17H,4-6,8-9H2,1-3H3. The Kier molecular flexibility index (Phi) is 4.23. The minimum absolute atomic E-state index is 0.142. The van der Waals surface area contributed by atoms with Crippen molar-refractivity contribution < 1.29 is 14.6 Å². The van der Waals surface area contributed by atoms with Crippen LogP contribution in [0.25, 0.3) is 0 Å². The van der Waals surface area contributed by atoms with Crippen molar-refractivity contribution in [3.63, 3.8) is 0 Å². The monoisotopic (exact) mass is 264 g/mol. The van der Waals surface area contributed by atoms with Gasteiger partial charge in [-0.15, -0.1) is 0 Å². The van der Waals surface area contributed by atoms with E-state index in [0.29, 0.717) is 11.5 Å². The lowest BCUT2D eigenvalue weighted by Gasteiger charge is -2.27. The maximum absolute atomic E-state index is 9.98. The van der Waals surface area contributed by atoms with Crippen LogP contribution in [-0.4, -0.2) is 16.8 Å². The van der Waals surface area contributed by atoms with Crippen LogP contribution in [0.3, 0.4) is 0 Å². The number of rotatable bonds is 3. The molecule has 3 nitrogen and oxygen atoms in total.